The molecule has 0 heterocycles. The largest absolute Gasteiger partial charge is 0.405 e. The van der Waals surface area contributed by atoms with Gasteiger partial charge in [0.1, 0.15) is 6.54 Å². The summed E-state index contributed by atoms with van der Waals surface area (Å²) in [5.74, 6) is -1.07. The summed E-state index contributed by atoms with van der Waals surface area (Å²) in [5, 5.41) is 1.80. The molecule has 0 fully saturated rings. The number of hydrogen-bond acceptors (Lipinski definition) is 4. The average Bonchev–Trinajstić information content (AvgIpc) is 2.71. The smallest absolute Gasteiger partial charge is 0.343 e. The van der Waals surface area contributed by atoms with Crippen LogP contribution in [0.2, 0.25) is 0 Å². The molecule has 0 saturated heterocycles. The maximum Gasteiger partial charge on any atom is 0.405 e. The molecule has 0 aliphatic heterocycles. The Morgan fingerprint density at radius 3 is 2.00 bits per heavy atom. The van der Waals surface area contributed by atoms with E-state index in [2.05, 4.69) is 4.72 Å². The first-order valence-corrected chi connectivity index (χ1v) is 11.5. The minimum atomic E-state index is -4.48. The molecule has 0 aliphatic rings. The van der Waals surface area contributed by atoms with Crippen LogP contribution < -0.4 is 10.0 Å². The third-order valence-electron chi connectivity index (χ3n) is 4.41. The van der Waals surface area contributed by atoms with Crippen LogP contribution in [0.25, 0.3) is 0 Å². The van der Waals surface area contributed by atoms with Gasteiger partial charge in [-0.25, -0.2) is 13.1 Å². The predicted molar refractivity (Wildman–Crippen MR) is 114 cm³/mol. The van der Waals surface area contributed by atoms with Crippen molar-refractivity contribution in [1.29, 1.82) is 0 Å². The molecule has 7 nitrogen and oxygen atoms in total. The minimum absolute atomic E-state index is 0.0907. The van der Waals surface area contributed by atoms with Gasteiger partial charge in [0.05, 0.1) is 6.26 Å². The van der Waals surface area contributed by atoms with Gasteiger partial charge in [0.2, 0.25) is 10.0 Å². The number of rotatable bonds is 9. The van der Waals surface area contributed by atoms with Crippen LogP contribution in [0.15, 0.2) is 48.5 Å². The number of alkyl halides is 3. The zero-order valence-corrected chi connectivity index (χ0v) is 18.4. The van der Waals surface area contributed by atoms with Crippen molar-refractivity contribution in [2.24, 2.45) is 0 Å². The zero-order valence-electron chi connectivity index (χ0n) is 17.6. The van der Waals surface area contributed by atoms with Gasteiger partial charge >= 0.3 is 6.18 Å². The molecule has 0 radical (unpaired) electrons. The molecular formula is C21H24F3N3O4S. The summed E-state index contributed by atoms with van der Waals surface area (Å²) in [5.41, 5.74) is 2.12. The summed E-state index contributed by atoms with van der Waals surface area (Å²) >= 11 is 0. The van der Waals surface area contributed by atoms with Gasteiger partial charge in [0.15, 0.2) is 0 Å². The lowest BCUT2D eigenvalue weighted by Gasteiger charge is -2.18. The molecule has 2 aromatic rings. The van der Waals surface area contributed by atoms with Crippen LogP contribution in [0.5, 0.6) is 0 Å². The molecule has 0 aromatic heterocycles. The molecule has 0 bridgehead atoms. The van der Waals surface area contributed by atoms with E-state index in [4.69, 9.17) is 0 Å². The highest BCUT2D eigenvalue weighted by Crippen LogP contribution is 2.14. The van der Waals surface area contributed by atoms with Crippen molar-refractivity contribution in [3.05, 3.63) is 70.8 Å². The Morgan fingerprint density at radius 1 is 0.938 bits per heavy atom. The summed E-state index contributed by atoms with van der Waals surface area (Å²) < 4.78 is 61.2. The SMILES string of the molecule is CN(Cc1ccc(C(=O)NCC(F)(F)F)cc1)C(=O)c1ccc(CCNS(C)(=O)=O)cc1. The summed E-state index contributed by atoms with van der Waals surface area (Å²) in [6, 6.07) is 12.8. The van der Waals surface area contributed by atoms with Crippen molar-refractivity contribution in [2.75, 3.05) is 26.4 Å². The number of carbonyl (C=O) groups excluding carboxylic acids is 2. The Labute approximate surface area is 184 Å². The molecule has 2 aromatic carbocycles. The van der Waals surface area contributed by atoms with E-state index in [0.717, 1.165) is 11.8 Å². The van der Waals surface area contributed by atoms with E-state index in [0.29, 0.717) is 17.5 Å². The van der Waals surface area contributed by atoms with Crippen molar-refractivity contribution in [3.63, 3.8) is 0 Å². The Morgan fingerprint density at radius 2 is 1.47 bits per heavy atom. The number of nitrogens with one attached hydrogen (secondary N) is 2. The first-order chi connectivity index (χ1) is 14.8. The fourth-order valence-electron chi connectivity index (χ4n) is 2.80. The van der Waals surface area contributed by atoms with Gasteiger partial charge in [0, 0.05) is 31.3 Å². The van der Waals surface area contributed by atoms with Gasteiger partial charge in [-0.3, -0.25) is 9.59 Å². The van der Waals surface area contributed by atoms with Crippen molar-refractivity contribution in [3.8, 4) is 0 Å². The molecule has 2 amide bonds. The highest BCUT2D eigenvalue weighted by molar-refractivity contribution is 7.88. The maximum absolute atomic E-state index is 12.6. The van der Waals surface area contributed by atoms with Gasteiger partial charge in [-0.05, 0) is 41.8 Å². The van der Waals surface area contributed by atoms with Crippen molar-refractivity contribution >= 4 is 21.8 Å². The lowest BCUT2D eigenvalue weighted by Crippen LogP contribution is -2.33. The van der Waals surface area contributed by atoms with Crippen molar-refractivity contribution in [2.45, 2.75) is 19.1 Å². The quantitative estimate of drug-likeness (QED) is 0.587. The molecule has 0 atom stereocenters. The topological polar surface area (TPSA) is 95.6 Å². The molecule has 2 rings (SSSR count). The molecule has 0 unspecified atom stereocenters. The van der Waals surface area contributed by atoms with E-state index in [9.17, 15) is 31.2 Å². The highest BCUT2D eigenvalue weighted by atomic mass is 32.2. The van der Waals surface area contributed by atoms with Gasteiger partial charge < -0.3 is 10.2 Å². The van der Waals surface area contributed by atoms with Crippen LogP contribution in [0.3, 0.4) is 0 Å². The number of nitrogens with zero attached hydrogens (tertiary/aromatic N) is 1. The van der Waals surface area contributed by atoms with E-state index in [1.165, 1.54) is 17.0 Å². The van der Waals surface area contributed by atoms with Gasteiger partial charge in [-0.2, -0.15) is 13.2 Å². The number of carbonyl (C=O) groups is 2. The van der Waals surface area contributed by atoms with Crippen molar-refractivity contribution < 1.29 is 31.2 Å². The third kappa shape index (κ3) is 8.67. The molecule has 174 valence electrons. The number of halogens is 3. The summed E-state index contributed by atoms with van der Waals surface area (Å²) in [6.07, 6.45) is -2.91. The van der Waals surface area contributed by atoms with Gasteiger partial charge in [-0.15, -0.1) is 0 Å². The number of hydrogen-bond donors (Lipinski definition) is 2. The lowest BCUT2D eigenvalue weighted by molar-refractivity contribution is -0.123. The second-order valence-corrected chi connectivity index (χ2v) is 9.10. The zero-order chi connectivity index (χ0) is 23.9. The second-order valence-electron chi connectivity index (χ2n) is 7.27. The normalized spacial score (nSPS) is 11.8. The van der Waals surface area contributed by atoms with Crippen LogP contribution in [0, 0.1) is 0 Å². The fraction of sp³-hybridized carbons (Fsp3) is 0.333. The molecule has 32 heavy (non-hydrogen) atoms. The first kappa shape index (κ1) is 25.3. The lowest BCUT2D eigenvalue weighted by atomic mass is 10.1. The van der Waals surface area contributed by atoms with Crippen LogP contribution in [-0.2, 0) is 23.0 Å². The summed E-state index contributed by atoms with van der Waals surface area (Å²) in [7, 11) is -1.64. The number of amides is 2. The van der Waals surface area contributed by atoms with E-state index in [1.807, 2.05) is 0 Å². The predicted octanol–water partition coefficient (Wildman–Crippen LogP) is 2.34. The average molecular weight is 472 g/mol. The van der Waals surface area contributed by atoms with Crippen molar-refractivity contribution in [1.82, 2.24) is 14.9 Å². The van der Waals surface area contributed by atoms with Crippen LogP contribution >= 0.6 is 0 Å². The summed E-state index contributed by atoms with van der Waals surface area (Å²) in [4.78, 5) is 25.8. The van der Waals surface area contributed by atoms with E-state index >= 15 is 0 Å². The van der Waals surface area contributed by atoms with Crippen LogP contribution in [0.4, 0.5) is 13.2 Å². The Balaban J connectivity index is 1.91. The number of sulfonamides is 1. The number of benzene rings is 2. The second kappa shape index (κ2) is 10.6. The highest BCUT2D eigenvalue weighted by Gasteiger charge is 2.27. The molecule has 0 spiro atoms. The molecule has 2 N–H and O–H groups in total. The summed E-state index contributed by atoms with van der Waals surface area (Å²) in [6.45, 7) is -0.905. The Bertz CT molecular complexity index is 1040. The molecule has 0 aliphatic carbocycles. The maximum atomic E-state index is 12.6. The molecule has 11 heteroatoms. The minimum Gasteiger partial charge on any atom is -0.343 e. The Hall–Kier alpha value is -2.92. The van der Waals surface area contributed by atoms with E-state index in [-0.39, 0.29) is 24.6 Å². The monoisotopic (exact) mass is 471 g/mol. The van der Waals surface area contributed by atoms with Crippen LogP contribution in [0.1, 0.15) is 31.8 Å². The molecule has 0 saturated carbocycles. The van der Waals surface area contributed by atoms with Gasteiger partial charge in [-0.1, -0.05) is 24.3 Å². The van der Waals surface area contributed by atoms with E-state index in [1.54, 1.807) is 48.8 Å². The van der Waals surface area contributed by atoms with Gasteiger partial charge in [0.25, 0.3) is 11.8 Å². The van der Waals surface area contributed by atoms with Crippen LogP contribution in [-0.4, -0.2) is 57.7 Å². The fourth-order valence-corrected chi connectivity index (χ4v) is 3.28. The molecular weight excluding hydrogens is 447 g/mol. The first-order valence-electron chi connectivity index (χ1n) is 9.57. The Kier molecular flexibility index (Phi) is 8.39. The standard InChI is InChI=1S/C21H24F3N3O4S/c1-27(13-16-5-7-17(8-6-16)19(28)25-14-21(22,23)24)20(29)18-9-3-15(4-10-18)11-12-26-32(2,30)31/h3-10,26H,11-14H2,1-2H3,(H,25,28). The third-order valence-corrected chi connectivity index (χ3v) is 5.14. The van der Waals surface area contributed by atoms with E-state index < -0.39 is 28.7 Å².